The second-order valence-corrected chi connectivity index (χ2v) is 5.45. The van der Waals surface area contributed by atoms with Crippen molar-refractivity contribution in [2.24, 2.45) is 0 Å². The Bertz CT molecular complexity index is 550. The molecule has 0 aliphatic rings. The Hall–Kier alpha value is -1.21. The van der Waals surface area contributed by atoms with Crippen LogP contribution in [-0.2, 0) is 6.61 Å². The molecule has 0 atom stereocenters. The minimum absolute atomic E-state index is 0.255. The monoisotopic (exact) mass is 345 g/mol. The predicted molar refractivity (Wildman–Crippen MR) is 77.1 cm³/mol. The number of rotatable bonds is 6. The normalized spacial score (nSPS) is 10.5. The van der Waals surface area contributed by atoms with Crippen molar-refractivity contribution in [2.45, 2.75) is 20.0 Å². The zero-order valence-electron chi connectivity index (χ0n) is 10.3. The molecule has 0 amide bonds. The zero-order valence-corrected chi connectivity index (χ0v) is 12.7. The van der Waals surface area contributed by atoms with Gasteiger partial charge in [0.05, 0.1) is 4.47 Å². The smallest absolute Gasteiger partial charge is 0.136 e. The molecule has 1 heterocycles. The van der Waals surface area contributed by atoms with Gasteiger partial charge in [0.25, 0.3) is 0 Å². The van der Waals surface area contributed by atoms with Crippen LogP contribution in [0.4, 0.5) is 9.39 Å². The average molecular weight is 346 g/mol. The third-order valence-electron chi connectivity index (χ3n) is 2.35. The topological polar surface area (TPSA) is 47.0 Å². The quantitative estimate of drug-likeness (QED) is 0.863. The van der Waals surface area contributed by atoms with Crippen LogP contribution < -0.4 is 10.1 Å². The number of ether oxygens (including phenoxy) is 1. The second kappa shape index (κ2) is 6.81. The summed E-state index contributed by atoms with van der Waals surface area (Å²) in [4.78, 5) is 0. The van der Waals surface area contributed by atoms with Gasteiger partial charge in [-0.25, -0.2) is 4.39 Å². The summed E-state index contributed by atoms with van der Waals surface area (Å²) >= 11 is 4.61. The number of anilines is 1. The first kappa shape index (κ1) is 14.2. The van der Waals surface area contributed by atoms with E-state index in [0.717, 1.165) is 23.7 Å². The lowest BCUT2D eigenvalue weighted by molar-refractivity contribution is 0.298. The first-order valence-electron chi connectivity index (χ1n) is 5.83. The Morgan fingerprint density at radius 1 is 1.47 bits per heavy atom. The minimum Gasteiger partial charge on any atom is -0.486 e. The lowest BCUT2D eigenvalue weighted by Crippen LogP contribution is -2.04. The molecular weight excluding hydrogens is 333 g/mol. The largest absolute Gasteiger partial charge is 0.486 e. The molecule has 102 valence electrons. The van der Waals surface area contributed by atoms with E-state index in [9.17, 15) is 4.39 Å². The molecule has 1 aromatic heterocycles. The molecule has 0 aliphatic carbocycles. The first-order valence-corrected chi connectivity index (χ1v) is 7.40. The van der Waals surface area contributed by atoms with Gasteiger partial charge in [0.2, 0.25) is 0 Å². The van der Waals surface area contributed by atoms with Gasteiger partial charge in [-0.05, 0) is 34.5 Å². The van der Waals surface area contributed by atoms with Crippen molar-refractivity contribution in [1.82, 2.24) is 9.59 Å². The molecule has 0 radical (unpaired) electrons. The highest BCUT2D eigenvalue weighted by atomic mass is 79.9. The molecule has 0 saturated carbocycles. The molecule has 2 rings (SSSR count). The SMILES string of the molecule is CCCNc1snnc1COc1cc(F)ccc1Br. The van der Waals surface area contributed by atoms with E-state index in [0.29, 0.717) is 10.2 Å². The number of nitrogens with one attached hydrogen (secondary N) is 1. The summed E-state index contributed by atoms with van der Waals surface area (Å²) in [6.45, 7) is 3.20. The summed E-state index contributed by atoms with van der Waals surface area (Å²) in [5, 5.41) is 8.14. The molecule has 0 fully saturated rings. The van der Waals surface area contributed by atoms with Crippen LogP contribution in [0.5, 0.6) is 5.75 Å². The van der Waals surface area contributed by atoms with E-state index in [1.165, 1.54) is 23.7 Å². The third-order valence-corrected chi connectivity index (χ3v) is 3.73. The van der Waals surface area contributed by atoms with Gasteiger partial charge in [0.15, 0.2) is 0 Å². The Morgan fingerprint density at radius 2 is 2.32 bits per heavy atom. The Labute approximate surface area is 123 Å². The number of nitrogens with zero attached hydrogens (tertiary/aromatic N) is 2. The van der Waals surface area contributed by atoms with Gasteiger partial charge in [-0.1, -0.05) is 11.4 Å². The summed E-state index contributed by atoms with van der Waals surface area (Å²) in [6, 6.07) is 4.32. The van der Waals surface area contributed by atoms with E-state index in [1.54, 1.807) is 6.07 Å². The average Bonchev–Trinajstić information content (AvgIpc) is 2.85. The lowest BCUT2D eigenvalue weighted by atomic mass is 10.3. The first-order chi connectivity index (χ1) is 9.20. The maximum absolute atomic E-state index is 13.1. The van der Waals surface area contributed by atoms with Gasteiger partial charge in [-0.15, -0.1) is 5.10 Å². The fraction of sp³-hybridized carbons (Fsp3) is 0.333. The zero-order chi connectivity index (χ0) is 13.7. The van der Waals surface area contributed by atoms with Crippen LogP contribution in [-0.4, -0.2) is 16.1 Å². The van der Waals surface area contributed by atoms with E-state index in [2.05, 4.69) is 37.8 Å². The minimum atomic E-state index is -0.334. The molecule has 19 heavy (non-hydrogen) atoms. The van der Waals surface area contributed by atoms with Crippen molar-refractivity contribution < 1.29 is 9.13 Å². The van der Waals surface area contributed by atoms with Crippen molar-refractivity contribution in [3.05, 3.63) is 34.2 Å². The van der Waals surface area contributed by atoms with E-state index < -0.39 is 0 Å². The molecular formula is C12H13BrFN3OS. The molecule has 0 bridgehead atoms. The number of hydrogen-bond acceptors (Lipinski definition) is 5. The van der Waals surface area contributed by atoms with Crippen molar-refractivity contribution in [1.29, 1.82) is 0 Å². The Kier molecular flexibility index (Phi) is 5.09. The van der Waals surface area contributed by atoms with Crippen LogP contribution in [0.25, 0.3) is 0 Å². The molecule has 0 saturated heterocycles. The molecule has 4 nitrogen and oxygen atoms in total. The molecule has 2 aromatic rings. The second-order valence-electron chi connectivity index (χ2n) is 3.84. The van der Waals surface area contributed by atoms with E-state index in [-0.39, 0.29) is 12.4 Å². The molecule has 1 aromatic carbocycles. The molecule has 0 unspecified atom stereocenters. The van der Waals surface area contributed by atoms with Crippen molar-refractivity contribution in [3.63, 3.8) is 0 Å². The van der Waals surface area contributed by atoms with Crippen LogP contribution in [0.3, 0.4) is 0 Å². The van der Waals surface area contributed by atoms with Gasteiger partial charge in [-0.3, -0.25) is 0 Å². The maximum Gasteiger partial charge on any atom is 0.136 e. The molecule has 0 aliphatic heterocycles. The summed E-state index contributed by atoms with van der Waals surface area (Å²) in [5.41, 5.74) is 0.731. The summed E-state index contributed by atoms with van der Waals surface area (Å²) in [5.74, 6) is 0.119. The fourth-order valence-corrected chi connectivity index (χ4v) is 2.36. The summed E-state index contributed by atoms with van der Waals surface area (Å²) < 4.78 is 23.3. The number of aromatic nitrogens is 2. The summed E-state index contributed by atoms with van der Waals surface area (Å²) in [6.07, 6.45) is 1.02. The molecule has 7 heteroatoms. The van der Waals surface area contributed by atoms with Gasteiger partial charge >= 0.3 is 0 Å². The van der Waals surface area contributed by atoms with Gasteiger partial charge in [-0.2, -0.15) is 0 Å². The highest BCUT2D eigenvalue weighted by molar-refractivity contribution is 9.10. The van der Waals surface area contributed by atoms with E-state index in [1.807, 2.05) is 0 Å². The van der Waals surface area contributed by atoms with Crippen molar-refractivity contribution in [2.75, 3.05) is 11.9 Å². The van der Waals surface area contributed by atoms with Gasteiger partial charge < -0.3 is 10.1 Å². The number of benzene rings is 1. The number of hydrogen-bond donors (Lipinski definition) is 1. The van der Waals surface area contributed by atoms with Crippen LogP contribution in [0.1, 0.15) is 19.0 Å². The van der Waals surface area contributed by atoms with Crippen LogP contribution in [0.2, 0.25) is 0 Å². The van der Waals surface area contributed by atoms with Crippen molar-refractivity contribution in [3.8, 4) is 5.75 Å². The number of halogens is 2. The summed E-state index contributed by atoms with van der Waals surface area (Å²) in [7, 11) is 0. The predicted octanol–water partition coefficient (Wildman–Crippen LogP) is 3.84. The lowest BCUT2D eigenvalue weighted by Gasteiger charge is -2.08. The maximum atomic E-state index is 13.1. The van der Waals surface area contributed by atoms with E-state index in [4.69, 9.17) is 4.74 Å². The third kappa shape index (κ3) is 3.87. The van der Waals surface area contributed by atoms with Crippen LogP contribution in [0.15, 0.2) is 22.7 Å². The fourth-order valence-electron chi connectivity index (χ4n) is 1.41. The van der Waals surface area contributed by atoms with E-state index >= 15 is 0 Å². The molecule has 1 N–H and O–H groups in total. The van der Waals surface area contributed by atoms with Crippen molar-refractivity contribution >= 4 is 32.5 Å². The van der Waals surface area contributed by atoms with Gasteiger partial charge in [0.1, 0.15) is 28.9 Å². The Balaban J connectivity index is 2.02. The van der Waals surface area contributed by atoms with Crippen LogP contribution >= 0.6 is 27.5 Å². The highest BCUT2D eigenvalue weighted by Gasteiger charge is 2.10. The van der Waals surface area contributed by atoms with Gasteiger partial charge in [0, 0.05) is 24.1 Å². The highest BCUT2D eigenvalue weighted by Crippen LogP contribution is 2.27. The molecule has 0 spiro atoms. The van der Waals surface area contributed by atoms with Crippen LogP contribution in [0, 0.1) is 5.82 Å². The Morgan fingerprint density at radius 3 is 3.11 bits per heavy atom. The standard InChI is InChI=1S/C12H13BrFN3OS/c1-2-5-15-12-10(16-17-19-12)7-18-11-6-8(14)3-4-9(11)13/h3-4,6,15H,2,5,7H2,1H3.